The molecule has 4 nitrogen and oxygen atoms in total. The molecule has 0 radical (unpaired) electrons. The van der Waals surface area contributed by atoms with Crippen LogP contribution < -0.4 is 11.1 Å². The highest BCUT2D eigenvalue weighted by atomic mass is 35.5. The molecule has 3 N–H and O–H groups in total. The number of nitrogens with two attached hydrogens (primary N) is 1. The van der Waals surface area contributed by atoms with Gasteiger partial charge in [0.05, 0.1) is 17.4 Å². The zero-order valence-electron chi connectivity index (χ0n) is 12.8. The van der Waals surface area contributed by atoms with E-state index in [2.05, 4.69) is 24.1 Å². The van der Waals surface area contributed by atoms with E-state index in [4.69, 9.17) is 17.3 Å². The summed E-state index contributed by atoms with van der Waals surface area (Å²) in [6.45, 7) is 5.19. The van der Waals surface area contributed by atoms with Crippen LogP contribution in [0, 0.1) is 11.3 Å². The van der Waals surface area contributed by atoms with Gasteiger partial charge in [0.1, 0.15) is 5.15 Å². The fraction of sp³-hybridized carbons (Fsp3) is 0.625. The molecule has 2 rings (SSSR count). The van der Waals surface area contributed by atoms with E-state index in [1.807, 2.05) is 0 Å². The fourth-order valence-electron chi connectivity index (χ4n) is 3.44. The number of anilines is 1. The van der Waals surface area contributed by atoms with Crippen LogP contribution in [0.2, 0.25) is 5.15 Å². The maximum absolute atomic E-state index is 12.3. The summed E-state index contributed by atoms with van der Waals surface area (Å²) in [6, 6.07) is 1.52. The molecule has 1 aliphatic carbocycles. The standard InChI is InChI=1S/C16H24ClN3O/c1-11(2)8-16(5-3-4-6-16)10-20-15(21)12-7-14(17)19-9-13(12)18/h7,9,11H,3-6,8,10,18H2,1-2H3,(H,20,21). The highest BCUT2D eigenvalue weighted by Crippen LogP contribution is 2.42. The van der Waals surface area contributed by atoms with Gasteiger partial charge in [0.25, 0.3) is 5.91 Å². The third-order valence-electron chi connectivity index (χ3n) is 4.28. The van der Waals surface area contributed by atoms with Gasteiger partial charge in [-0.25, -0.2) is 4.98 Å². The predicted octanol–water partition coefficient (Wildman–Crippen LogP) is 3.65. The summed E-state index contributed by atoms with van der Waals surface area (Å²) in [5.41, 5.74) is 6.82. The Labute approximate surface area is 131 Å². The number of nitrogens with one attached hydrogen (secondary N) is 1. The monoisotopic (exact) mass is 309 g/mol. The SMILES string of the molecule is CC(C)CC1(CNC(=O)c2cc(Cl)ncc2N)CCCC1. The molecule has 0 unspecified atom stereocenters. The Balaban J connectivity index is 2.03. The number of nitrogens with zero attached hydrogens (tertiary/aromatic N) is 1. The number of hydrogen-bond acceptors (Lipinski definition) is 3. The van der Waals surface area contributed by atoms with Gasteiger partial charge in [0.2, 0.25) is 0 Å². The second-order valence-electron chi connectivity index (χ2n) is 6.58. The molecule has 1 aromatic heterocycles. The van der Waals surface area contributed by atoms with Crippen molar-refractivity contribution in [2.24, 2.45) is 11.3 Å². The van der Waals surface area contributed by atoms with E-state index in [1.165, 1.54) is 37.9 Å². The second kappa shape index (κ2) is 6.65. The van der Waals surface area contributed by atoms with Crippen molar-refractivity contribution in [2.75, 3.05) is 12.3 Å². The molecule has 0 aliphatic heterocycles. The maximum atomic E-state index is 12.3. The van der Waals surface area contributed by atoms with Gasteiger partial charge in [-0.05, 0) is 36.7 Å². The van der Waals surface area contributed by atoms with Crippen molar-refractivity contribution in [3.8, 4) is 0 Å². The molecule has 1 aromatic rings. The highest BCUT2D eigenvalue weighted by Gasteiger charge is 2.34. The normalized spacial score (nSPS) is 17.1. The van der Waals surface area contributed by atoms with Gasteiger partial charge in [-0.2, -0.15) is 0 Å². The van der Waals surface area contributed by atoms with Crippen LogP contribution in [0.1, 0.15) is 56.3 Å². The second-order valence-corrected chi connectivity index (χ2v) is 6.97. The first kappa shape index (κ1) is 16.1. The topological polar surface area (TPSA) is 68.0 Å². The minimum absolute atomic E-state index is 0.160. The van der Waals surface area contributed by atoms with Crippen LogP contribution in [0.25, 0.3) is 0 Å². The molecule has 1 saturated carbocycles. The van der Waals surface area contributed by atoms with Crippen LogP contribution in [0.3, 0.4) is 0 Å². The summed E-state index contributed by atoms with van der Waals surface area (Å²) < 4.78 is 0. The Morgan fingerprint density at radius 3 is 2.76 bits per heavy atom. The zero-order chi connectivity index (χ0) is 15.5. The molecule has 21 heavy (non-hydrogen) atoms. The van der Waals surface area contributed by atoms with Crippen molar-refractivity contribution < 1.29 is 4.79 Å². The zero-order valence-corrected chi connectivity index (χ0v) is 13.5. The lowest BCUT2D eigenvalue weighted by molar-refractivity contribution is 0.0922. The molecule has 0 atom stereocenters. The van der Waals surface area contributed by atoms with Crippen molar-refractivity contribution in [1.29, 1.82) is 0 Å². The summed E-state index contributed by atoms with van der Waals surface area (Å²) in [5, 5.41) is 3.33. The molecule has 5 heteroatoms. The van der Waals surface area contributed by atoms with E-state index >= 15 is 0 Å². The minimum atomic E-state index is -0.160. The van der Waals surface area contributed by atoms with Crippen molar-refractivity contribution in [1.82, 2.24) is 10.3 Å². The number of pyridine rings is 1. The molecule has 1 heterocycles. The first-order valence-corrected chi connectivity index (χ1v) is 7.99. The lowest BCUT2D eigenvalue weighted by Crippen LogP contribution is -2.37. The van der Waals surface area contributed by atoms with Crippen LogP contribution in [0.15, 0.2) is 12.3 Å². The van der Waals surface area contributed by atoms with Gasteiger partial charge in [-0.15, -0.1) is 0 Å². The summed E-state index contributed by atoms with van der Waals surface area (Å²) in [7, 11) is 0. The average molecular weight is 310 g/mol. The predicted molar refractivity (Wildman–Crippen MR) is 86.3 cm³/mol. The van der Waals surface area contributed by atoms with E-state index < -0.39 is 0 Å². The molecule has 0 spiro atoms. The molecular weight excluding hydrogens is 286 g/mol. The summed E-state index contributed by atoms with van der Waals surface area (Å²) in [4.78, 5) is 16.2. The van der Waals surface area contributed by atoms with Crippen LogP contribution in [0.5, 0.6) is 0 Å². The quantitative estimate of drug-likeness (QED) is 0.816. The van der Waals surface area contributed by atoms with Crippen LogP contribution in [-0.4, -0.2) is 17.4 Å². The number of carbonyl (C=O) groups is 1. The molecule has 116 valence electrons. The minimum Gasteiger partial charge on any atom is -0.397 e. The van der Waals surface area contributed by atoms with Crippen LogP contribution >= 0.6 is 11.6 Å². The molecule has 0 saturated heterocycles. The van der Waals surface area contributed by atoms with Crippen LogP contribution in [-0.2, 0) is 0 Å². The smallest absolute Gasteiger partial charge is 0.253 e. The molecule has 0 aromatic carbocycles. The van der Waals surface area contributed by atoms with Gasteiger partial charge in [0, 0.05) is 6.54 Å². The Morgan fingerprint density at radius 2 is 2.14 bits per heavy atom. The number of nitrogen functional groups attached to an aromatic ring is 1. The number of halogens is 1. The Kier molecular flexibility index (Phi) is 5.09. The van der Waals surface area contributed by atoms with Crippen molar-refractivity contribution >= 4 is 23.2 Å². The average Bonchev–Trinajstić information content (AvgIpc) is 2.87. The lowest BCUT2D eigenvalue weighted by atomic mass is 9.78. The van der Waals surface area contributed by atoms with E-state index in [0.717, 1.165) is 6.42 Å². The largest absolute Gasteiger partial charge is 0.397 e. The third-order valence-corrected chi connectivity index (χ3v) is 4.48. The van der Waals surface area contributed by atoms with Crippen molar-refractivity contribution in [3.63, 3.8) is 0 Å². The van der Waals surface area contributed by atoms with E-state index in [0.29, 0.717) is 23.7 Å². The van der Waals surface area contributed by atoms with Gasteiger partial charge in [-0.3, -0.25) is 4.79 Å². The van der Waals surface area contributed by atoms with Crippen molar-refractivity contribution in [3.05, 3.63) is 23.0 Å². The van der Waals surface area contributed by atoms with E-state index in [-0.39, 0.29) is 16.5 Å². The van der Waals surface area contributed by atoms with Gasteiger partial charge < -0.3 is 11.1 Å². The van der Waals surface area contributed by atoms with Crippen LogP contribution in [0.4, 0.5) is 5.69 Å². The summed E-state index contributed by atoms with van der Waals surface area (Å²) in [6.07, 6.45) is 7.48. The first-order valence-electron chi connectivity index (χ1n) is 7.61. The highest BCUT2D eigenvalue weighted by molar-refractivity contribution is 6.29. The third kappa shape index (κ3) is 4.10. The number of rotatable bonds is 5. The van der Waals surface area contributed by atoms with Gasteiger partial charge in [0.15, 0.2) is 0 Å². The number of hydrogen-bond donors (Lipinski definition) is 2. The molecular formula is C16H24ClN3O. The number of carbonyl (C=O) groups excluding carboxylic acids is 1. The fourth-order valence-corrected chi connectivity index (χ4v) is 3.60. The first-order chi connectivity index (χ1) is 9.92. The Bertz CT molecular complexity index is 510. The number of aromatic nitrogens is 1. The Hall–Kier alpha value is -1.29. The molecule has 0 bridgehead atoms. The lowest BCUT2D eigenvalue weighted by Gasteiger charge is -2.31. The molecule has 1 amide bonds. The van der Waals surface area contributed by atoms with E-state index in [9.17, 15) is 4.79 Å². The van der Waals surface area contributed by atoms with E-state index in [1.54, 1.807) is 0 Å². The molecule has 1 fully saturated rings. The van der Waals surface area contributed by atoms with Crippen molar-refractivity contribution in [2.45, 2.75) is 46.0 Å². The number of amides is 1. The summed E-state index contributed by atoms with van der Waals surface area (Å²) in [5.74, 6) is 0.479. The van der Waals surface area contributed by atoms with Gasteiger partial charge >= 0.3 is 0 Å². The molecule has 1 aliphatic rings. The maximum Gasteiger partial charge on any atom is 0.253 e. The Morgan fingerprint density at radius 1 is 1.48 bits per heavy atom. The summed E-state index contributed by atoms with van der Waals surface area (Å²) >= 11 is 5.84. The van der Waals surface area contributed by atoms with Gasteiger partial charge in [-0.1, -0.05) is 38.3 Å².